The summed E-state index contributed by atoms with van der Waals surface area (Å²) in [5, 5.41) is 5.84. The van der Waals surface area contributed by atoms with Crippen LogP contribution in [0.3, 0.4) is 0 Å². The molecule has 2 amide bonds. The summed E-state index contributed by atoms with van der Waals surface area (Å²) >= 11 is 0. The van der Waals surface area contributed by atoms with Gasteiger partial charge in [0.1, 0.15) is 5.71 Å². The zero-order valence-electron chi connectivity index (χ0n) is 18.6. The molecule has 6 heteroatoms. The molecule has 0 unspecified atom stereocenters. The Morgan fingerprint density at radius 3 is 2.39 bits per heavy atom. The molecule has 2 aromatic carbocycles. The van der Waals surface area contributed by atoms with E-state index in [4.69, 9.17) is 0 Å². The SMILES string of the molecule is Cc1cccc(N2N=C(C(=O)N3CCN(Cc4ccc(C)cc4C)CC3)CCC2=O)c1. The number of aryl methyl sites for hydroxylation is 3. The molecule has 6 nitrogen and oxygen atoms in total. The van der Waals surface area contributed by atoms with Gasteiger partial charge in [-0.05, 0) is 49.6 Å². The molecule has 1 saturated heterocycles. The minimum atomic E-state index is -0.0690. The summed E-state index contributed by atoms with van der Waals surface area (Å²) in [7, 11) is 0. The Morgan fingerprint density at radius 2 is 1.68 bits per heavy atom. The summed E-state index contributed by atoms with van der Waals surface area (Å²) < 4.78 is 0. The molecule has 1 fully saturated rings. The lowest BCUT2D eigenvalue weighted by Gasteiger charge is -2.35. The summed E-state index contributed by atoms with van der Waals surface area (Å²) in [6, 6.07) is 14.2. The molecule has 162 valence electrons. The van der Waals surface area contributed by atoms with E-state index in [1.54, 1.807) is 0 Å². The van der Waals surface area contributed by atoms with Crippen LogP contribution in [0.15, 0.2) is 47.6 Å². The Bertz CT molecular complexity index is 1020. The van der Waals surface area contributed by atoms with Crippen molar-refractivity contribution in [2.45, 2.75) is 40.2 Å². The van der Waals surface area contributed by atoms with E-state index in [1.165, 1.54) is 21.7 Å². The van der Waals surface area contributed by atoms with Gasteiger partial charge in [-0.15, -0.1) is 0 Å². The molecular formula is C25H30N4O2. The Kier molecular flexibility index (Phi) is 6.18. The van der Waals surface area contributed by atoms with Crippen LogP contribution >= 0.6 is 0 Å². The summed E-state index contributed by atoms with van der Waals surface area (Å²) in [5.74, 6) is -0.114. The van der Waals surface area contributed by atoms with E-state index in [0.717, 1.165) is 25.2 Å². The summed E-state index contributed by atoms with van der Waals surface area (Å²) in [6.07, 6.45) is 0.716. The first kappa shape index (κ1) is 21.2. The zero-order chi connectivity index (χ0) is 22.0. The lowest BCUT2D eigenvalue weighted by Crippen LogP contribution is -2.51. The van der Waals surface area contributed by atoms with E-state index in [-0.39, 0.29) is 11.8 Å². The Hall–Kier alpha value is -2.99. The number of anilines is 1. The van der Waals surface area contributed by atoms with Gasteiger partial charge >= 0.3 is 0 Å². The predicted molar refractivity (Wildman–Crippen MR) is 123 cm³/mol. The monoisotopic (exact) mass is 418 g/mol. The van der Waals surface area contributed by atoms with Crippen LogP contribution in [0, 0.1) is 20.8 Å². The minimum Gasteiger partial charge on any atom is -0.335 e. The van der Waals surface area contributed by atoms with Crippen molar-refractivity contribution in [3.63, 3.8) is 0 Å². The van der Waals surface area contributed by atoms with Gasteiger partial charge in [0.2, 0.25) is 5.91 Å². The fourth-order valence-electron chi connectivity index (χ4n) is 4.22. The zero-order valence-corrected chi connectivity index (χ0v) is 18.6. The first-order chi connectivity index (χ1) is 14.9. The Labute approximate surface area is 184 Å². The molecule has 0 atom stereocenters. The maximum absolute atomic E-state index is 13.1. The van der Waals surface area contributed by atoms with Crippen molar-refractivity contribution in [2.24, 2.45) is 5.10 Å². The van der Waals surface area contributed by atoms with E-state index < -0.39 is 0 Å². The number of carbonyl (C=O) groups excluding carboxylic acids is 2. The van der Waals surface area contributed by atoms with Crippen molar-refractivity contribution < 1.29 is 9.59 Å². The molecule has 0 aliphatic carbocycles. The molecule has 0 N–H and O–H groups in total. The molecule has 2 aliphatic rings. The highest BCUT2D eigenvalue weighted by Crippen LogP contribution is 2.22. The van der Waals surface area contributed by atoms with Crippen LogP contribution in [0.25, 0.3) is 0 Å². The number of nitrogens with zero attached hydrogens (tertiary/aromatic N) is 4. The third-order valence-electron chi connectivity index (χ3n) is 6.08. The summed E-state index contributed by atoms with van der Waals surface area (Å²) in [6.45, 7) is 10.2. The van der Waals surface area contributed by atoms with Gasteiger partial charge in [-0.1, -0.05) is 35.9 Å². The molecule has 31 heavy (non-hydrogen) atoms. The van der Waals surface area contributed by atoms with Gasteiger partial charge in [0.25, 0.3) is 5.91 Å². The van der Waals surface area contributed by atoms with Crippen LogP contribution < -0.4 is 5.01 Å². The van der Waals surface area contributed by atoms with Gasteiger partial charge in [0, 0.05) is 45.6 Å². The molecule has 0 saturated carbocycles. The summed E-state index contributed by atoms with van der Waals surface area (Å²) in [4.78, 5) is 29.8. The maximum Gasteiger partial charge on any atom is 0.270 e. The molecular weight excluding hydrogens is 388 g/mol. The molecule has 2 aliphatic heterocycles. The second kappa shape index (κ2) is 9.02. The van der Waals surface area contributed by atoms with Crippen LogP contribution in [0.5, 0.6) is 0 Å². The predicted octanol–water partition coefficient (Wildman–Crippen LogP) is 3.44. The maximum atomic E-state index is 13.1. The second-order valence-electron chi connectivity index (χ2n) is 8.59. The van der Waals surface area contributed by atoms with Crippen molar-refractivity contribution in [2.75, 3.05) is 31.2 Å². The minimum absolute atomic E-state index is 0.0451. The van der Waals surface area contributed by atoms with Crippen molar-refractivity contribution in [3.05, 3.63) is 64.7 Å². The lowest BCUT2D eigenvalue weighted by molar-refractivity contribution is -0.126. The quantitative estimate of drug-likeness (QED) is 0.764. The largest absolute Gasteiger partial charge is 0.335 e. The van der Waals surface area contributed by atoms with Crippen LogP contribution in [-0.4, -0.2) is 53.5 Å². The smallest absolute Gasteiger partial charge is 0.270 e. The number of hydrogen-bond donors (Lipinski definition) is 0. The normalized spacial score (nSPS) is 17.6. The first-order valence-electron chi connectivity index (χ1n) is 11.0. The average molecular weight is 419 g/mol. The molecule has 0 bridgehead atoms. The number of amides is 2. The summed E-state index contributed by atoms with van der Waals surface area (Å²) in [5.41, 5.74) is 6.18. The van der Waals surface area contributed by atoms with Gasteiger partial charge in [0.15, 0.2) is 0 Å². The third-order valence-corrected chi connectivity index (χ3v) is 6.08. The second-order valence-corrected chi connectivity index (χ2v) is 8.59. The average Bonchev–Trinajstić information content (AvgIpc) is 2.76. The molecule has 0 radical (unpaired) electrons. The van der Waals surface area contributed by atoms with E-state index in [0.29, 0.717) is 37.3 Å². The molecule has 2 heterocycles. The van der Waals surface area contributed by atoms with E-state index in [2.05, 4.69) is 42.0 Å². The van der Waals surface area contributed by atoms with Gasteiger partial charge < -0.3 is 4.90 Å². The van der Waals surface area contributed by atoms with Crippen molar-refractivity contribution in [1.29, 1.82) is 0 Å². The Morgan fingerprint density at radius 1 is 0.935 bits per heavy atom. The van der Waals surface area contributed by atoms with Crippen LogP contribution in [0.4, 0.5) is 5.69 Å². The number of rotatable bonds is 4. The van der Waals surface area contributed by atoms with Crippen molar-refractivity contribution in [3.8, 4) is 0 Å². The highest BCUT2D eigenvalue weighted by Gasteiger charge is 2.30. The van der Waals surface area contributed by atoms with Gasteiger partial charge in [-0.3, -0.25) is 14.5 Å². The molecule has 0 aromatic heterocycles. The van der Waals surface area contributed by atoms with Crippen LogP contribution in [0.1, 0.15) is 35.1 Å². The fourth-order valence-corrected chi connectivity index (χ4v) is 4.22. The Balaban J connectivity index is 1.40. The highest BCUT2D eigenvalue weighted by molar-refractivity contribution is 6.40. The van der Waals surface area contributed by atoms with E-state index in [1.807, 2.05) is 36.1 Å². The fraction of sp³-hybridized carbons (Fsp3) is 0.400. The molecule has 2 aromatic rings. The number of hydrogen-bond acceptors (Lipinski definition) is 4. The van der Waals surface area contributed by atoms with Crippen molar-refractivity contribution in [1.82, 2.24) is 9.80 Å². The number of carbonyl (C=O) groups is 2. The van der Waals surface area contributed by atoms with E-state index in [9.17, 15) is 9.59 Å². The van der Waals surface area contributed by atoms with Crippen LogP contribution in [-0.2, 0) is 16.1 Å². The van der Waals surface area contributed by atoms with Gasteiger partial charge in [-0.2, -0.15) is 5.10 Å². The molecule has 0 spiro atoms. The third kappa shape index (κ3) is 4.85. The van der Waals surface area contributed by atoms with Crippen LogP contribution in [0.2, 0.25) is 0 Å². The lowest BCUT2D eigenvalue weighted by atomic mass is 10.0. The first-order valence-corrected chi connectivity index (χ1v) is 11.0. The number of piperazine rings is 1. The van der Waals surface area contributed by atoms with Crippen molar-refractivity contribution >= 4 is 23.2 Å². The number of hydrazone groups is 1. The van der Waals surface area contributed by atoms with Gasteiger partial charge in [-0.25, -0.2) is 5.01 Å². The standard InChI is InChI=1S/C25H30N4O2/c1-18-5-4-6-22(16-18)29-24(30)10-9-23(26-29)25(31)28-13-11-27(12-14-28)17-21-8-7-19(2)15-20(21)3/h4-8,15-16H,9-14,17H2,1-3H3. The molecule has 4 rings (SSSR count). The van der Waals surface area contributed by atoms with Gasteiger partial charge in [0.05, 0.1) is 5.69 Å². The number of benzene rings is 2. The van der Waals surface area contributed by atoms with E-state index >= 15 is 0 Å². The topological polar surface area (TPSA) is 56.2 Å². The highest BCUT2D eigenvalue weighted by atomic mass is 16.2.